The predicted octanol–water partition coefficient (Wildman–Crippen LogP) is 0.184. The minimum atomic E-state index is -0.0652. The highest BCUT2D eigenvalue weighted by Crippen LogP contribution is 2.33. The standard InChI is InChI=1S/C8H10N2O2/c11-6-5-9-3-4-10(8(9)12)7-1-2-7/h3-4,6-7H,1-2,5H2. The molecule has 1 aromatic heterocycles. The van der Waals surface area contributed by atoms with Gasteiger partial charge in [-0.1, -0.05) is 0 Å². The largest absolute Gasteiger partial charge is 0.328 e. The Morgan fingerprint density at radius 1 is 1.50 bits per heavy atom. The first kappa shape index (κ1) is 7.34. The molecule has 0 amide bonds. The van der Waals surface area contributed by atoms with Gasteiger partial charge in [-0.05, 0) is 12.8 Å². The molecule has 64 valence electrons. The second kappa shape index (κ2) is 2.62. The van der Waals surface area contributed by atoms with E-state index in [2.05, 4.69) is 0 Å². The molecule has 2 rings (SSSR count). The summed E-state index contributed by atoms with van der Waals surface area (Å²) in [6.07, 6.45) is 6.33. The molecule has 1 fully saturated rings. The van der Waals surface area contributed by atoms with Gasteiger partial charge in [-0.3, -0.25) is 9.13 Å². The Balaban J connectivity index is 2.33. The molecule has 0 aromatic carbocycles. The van der Waals surface area contributed by atoms with Gasteiger partial charge in [0.25, 0.3) is 0 Å². The second-order valence-corrected chi connectivity index (χ2v) is 3.04. The van der Waals surface area contributed by atoms with E-state index in [1.54, 1.807) is 17.0 Å². The summed E-state index contributed by atoms with van der Waals surface area (Å²) >= 11 is 0. The molecule has 0 saturated heterocycles. The molecule has 0 unspecified atom stereocenters. The fraction of sp³-hybridized carbons (Fsp3) is 0.500. The summed E-state index contributed by atoms with van der Waals surface area (Å²) in [6.45, 7) is 0.165. The van der Waals surface area contributed by atoms with E-state index in [0.717, 1.165) is 19.1 Å². The van der Waals surface area contributed by atoms with Crippen LogP contribution in [0.25, 0.3) is 0 Å². The van der Waals surface area contributed by atoms with Crippen molar-refractivity contribution in [3.05, 3.63) is 22.9 Å². The molecule has 0 N–H and O–H groups in total. The van der Waals surface area contributed by atoms with Crippen molar-refractivity contribution in [2.75, 3.05) is 0 Å². The Kier molecular flexibility index (Phi) is 1.60. The normalized spacial score (nSPS) is 16.3. The molecule has 4 heteroatoms. The number of hydrogen-bond acceptors (Lipinski definition) is 2. The number of aromatic nitrogens is 2. The zero-order chi connectivity index (χ0) is 8.55. The lowest BCUT2D eigenvalue weighted by Crippen LogP contribution is -2.23. The van der Waals surface area contributed by atoms with Gasteiger partial charge in [-0.2, -0.15) is 0 Å². The van der Waals surface area contributed by atoms with Crippen molar-refractivity contribution in [1.82, 2.24) is 9.13 Å². The van der Waals surface area contributed by atoms with E-state index in [-0.39, 0.29) is 12.2 Å². The molecule has 0 bridgehead atoms. The highest BCUT2D eigenvalue weighted by Gasteiger charge is 2.25. The third-order valence-electron chi connectivity index (χ3n) is 2.09. The maximum absolute atomic E-state index is 11.4. The van der Waals surface area contributed by atoms with Crippen LogP contribution >= 0.6 is 0 Å². The van der Waals surface area contributed by atoms with Crippen molar-refractivity contribution in [3.8, 4) is 0 Å². The Morgan fingerprint density at radius 2 is 2.25 bits per heavy atom. The van der Waals surface area contributed by atoms with Gasteiger partial charge in [0.15, 0.2) is 0 Å². The summed E-state index contributed by atoms with van der Waals surface area (Å²) in [7, 11) is 0. The van der Waals surface area contributed by atoms with Crippen LogP contribution in [0.15, 0.2) is 17.2 Å². The summed E-state index contributed by atoms with van der Waals surface area (Å²) in [5, 5.41) is 0. The van der Waals surface area contributed by atoms with E-state index in [1.807, 2.05) is 0 Å². The first-order valence-corrected chi connectivity index (χ1v) is 4.04. The third-order valence-corrected chi connectivity index (χ3v) is 2.09. The number of hydrogen-bond donors (Lipinski definition) is 0. The highest BCUT2D eigenvalue weighted by molar-refractivity contribution is 5.48. The lowest BCUT2D eigenvalue weighted by Gasteiger charge is -1.94. The third kappa shape index (κ3) is 1.09. The molecule has 0 atom stereocenters. The monoisotopic (exact) mass is 166 g/mol. The average molecular weight is 166 g/mol. The van der Waals surface area contributed by atoms with Crippen molar-refractivity contribution in [2.45, 2.75) is 25.4 Å². The van der Waals surface area contributed by atoms with Crippen LogP contribution < -0.4 is 5.69 Å². The first-order valence-electron chi connectivity index (χ1n) is 4.04. The van der Waals surface area contributed by atoms with Gasteiger partial charge in [0.2, 0.25) is 0 Å². The molecule has 0 aliphatic heterocycles. The number of carbonyl (C=O) groups excluding carboxylic acids is 1. The summed E-state index contributed by atoms with van der Waals surface area (Å²) < 4.78 is 3.12. The molecule has 0 spiro atoms. The van der Waals surface area contributed by atoms with E-state index in [1.165, 1.54) is 4.57 Å². The molecule has 12 heavy (non-hydrogen) atoms. The Bertz CT molecular complexity index is 346. The van der Waals surface area contributed by atoms with Crippen LogP contribution in [0.2, 0.25) is 0 Å². The maximum atomic E-state index is 11.4. The SMILES string of the molecule is O=CCn1ccn(C2CC2)c1=O. The zero-order valence-electron chi connectivity index (χ0n) is 6.64. The topological polar surface area (TPSA) is 44.0 Å². The van der Waals surface area contributed by atoms with Gasteiger partial charge < -0.3 is 4.79 Å². The molecular formula is C8H10N2O2. The van der Waals surface area contributed by atoms with Gasteiger partial charge in [0, 0.05) is 18.4 Å². The first-order chi connectivity index (χ1) is 5.83. The van der Waals surface area contributed by atoms with Crippen molar-refractivity contribution in [3.63, 3.8) is 0 Å². The van der Waals surface area contributed by atoms with Crippen LogP contribution in [-0.2, 0) is 11.3 Å². The molecular weight excluding hydrogens is 156 g/mol. The van der Waals surface area contributed by atoms with Crippen molar-refractivity contribution < 1.29 is 4.79 Å². The van der Waals surface area contributed by atoms with E-state index in [4.69, 9.17) is 0 Å². The van der Waals surface area contributed by atoms with Crippen LogP contribution in [0.5, 0.6) is 0 Å². The minimum Gasteiger partial charge on any atom is -0.301 e. The Morgan fingerprint density at radius 3 is 2.83 bits per heavy atom. The molecule has 0 radical (unpaired) electrons. The second-order valence-electron chi connectivity index (χ2n) is 3.04. The average Bonchev–Trinajstić information content (AvgIpc) is 2.82. The fourth-order valence-corrected chi connectivity index (χ4v) is 1.28. The summed E-state index contributed by atoms with van der Waals surface area (Å²) in [5.74, 6) is 0. The number of rotatable bonds is 3. The van der Waals surface area contributed by atoms with E-state index >= 15 is 0 Å². The van der Waals surface area contributed by atoms with Crippen LogP contribution in [0.3, 0.4) is 0 Å². The molecule has 1 saturated carbocycles. The van der Waals surface area contributed by atoms with Gasteiger partial charge in [-0.25, -0.2) is 4.79 Å². The highest BCUT2D eigenvalue weighted by atomic mass is 16.2. The van der Waals surface area contributed by atoms with E-state index < -0.39 is 0 Å². The lowest BCUT2D eigenvalue weighted by atomic mass is 10.7. The van der Waals surface area contributed by atoms with E-state index in [0.29, 0.717) is 6.04 Å². The minimum absolute atomic E-state index is 0.0652. The Labute approximate surface area is 69.4 Å². The molecule has 1 aromatic rings. The van der Waals surface area contributed by atoms with Crippen LogP contribution in [-0.4, -0.2) is 15.4 Å². The number of aldehydes is 1. The van der Waals surface area contributed by atoms with Crippen LogP contribution in [0, 0.1) is 0 Å². The smallest absolute Gasteiger partial charge is 0.301 e. The van der Waals surface area contributed by atoms with Gasteiger partial charge in [-0.15, -0.1) is 0 Å². The Hall–Kier alpha value is -1.32. The van der Waals surface area contributed by atoms with Gasteiger partial charge >= 0.3 is 5.69 Å². The fourth-order valence-electron chi connectivity index (χ4n) is 1.28. The van der Waals surface area contributed by atoms with Crippen molar-refractivity contribution in [2.24, 2.45) is 0 Å². The molecule has 4 nitrogen and oxygen atoms in total. The molecule has 1 heterocycles. The lowest BCUT2D eigenvalue weighted by molar-refractivity contribution is -0.108. The van der Waals surface area contributed by atoms with E-state index in [9.17, 15) is 9.59 Å². The quantitative estimate of drug-likeness (QED) is 0.601. The molecule has 1 aliphatic rings. The number of carbonyl (C=O) groups is 1. The van der Waals surface area contributed by atoms with Gasteiger partial charge in [0.05, 0.1) is 6.54 Å². The van der Waals surface area contributed by atoms with Crippen molar-refractivity contribution >= 4 is 6.29 Å². The zero-order valence-corrected chi connectivity index (χ0v) is 6.64. The van der Waals surface area contributed by atoms with Crippen molar-refractivity contribution in [1.29, 1.82) is 0 Å². The van der Waals surface area contributed by atoms with Crippen LogP contribution in [0.1, 0.15) is 18.9 Å². The number of nitrogens with zero attached hydrogens (tertiary/aromatic N) is 2. The molecule has 1 aliphatic carbocycles. The van der Waals surface area contributed by atoms with Crippen LogP contribution in [0.4, 0.5) is 0 Å². The summed E-state index contributed by atoms with van der Waals surface area (Å²) in [4.78, 5) is 21.6. The summed E-state index contributed by atoms with van der Waals surface area (Å²) in [6, 6.07) is 0.394. The maximum Gasteiger partial charge on any atom is 0.328 e. The number of imidazole rings is 1. The van der Waals surface area contributed by atoms with Gasteiger partial charge in [0.1, 0.15) is 6.29 Å². The predicted molar refractivity (Wildman–Crippen MR) is 43.0 cm³/mol. The summed E-state index contributed by atoms with van der Waals surface area (Å²) in [5.41, 5.74) is -0.0652.